The van der Waals surface area contributed by atoms with E-state index in [1.165, 1.54) is 0 Å². The van der Waals surface area contributed by atoms with Crippen LogP contribution >= 0.6 is 12.4 Å². The SMILES string of the molecule is Cl.NC(=O)C1=CNC=C2CCNN21. The molecule has 0 radical (unpaired) electrons. The highest BCUT2D eigenvalue weighted by Gasteiger charge is 2.25. The number of nitrogens with zero attached hydrogens (tertiary/aromatic N) is 1. The van der Waals surface area contributed by atoms with E-state index in [4.69, 9.17) is 5.73 Å². The number of carbonyl (C=O) groups excluding carboxylic acids is 1. The molecule has 0 saturated carbocycles. The third kappa shape index (κ3) is 1.61. The van der Waals surface area contributed by atoms with Gasteiger partial charge in [0.05, 0.1) is 5.70 Å². The number of hydrogen-bond donors (Lipinski definition) is 3. The minimum Gasteiger partial charge on any atom is -0.364 e. The Bertz CT molecular complexity index is 286. The number of primary amides is 1. The van der Waals surface area contributed by atoms with Crippen molar-refractivity contribution in [1.82, 2.24) is 15.8 Å². The van der Waals surface area contributed by atoms with Gasteiger partial charge in [0.2, 0.25) is 0 Å². The number of amides is 1. The smallest absolute Gasteiger partial charge is 0.268 e. The predicted octanol–water partition coefficient (Wildman–Crippen LogP) is -0.610. The Morgan fingerprint density at radius 2 is 2.31 bits per heavy atom. The number of carbonyl (C=O) groups is 1. The third-order valence-electron chi connectivity index (χ3n) is 1.90. The molecule has 2 aliphatic heterocycles. The van der Waals surface area contributed by atoms with Crippen molar-refractivity contribution >= 4 is 18.3 Å². The maximum atomic E-state index is 10.9. The molecule has 1 saturated heterocycles. The molecule has 2 rings (SSSR count). The lowest BCUT2D eigenvalue weighted by molar-refractivity contribution is -0.116. The summed E-state index contributed by atoms with van der Waals surface area (Å²) in [4.78, 5) is 10.9. The molecule has 13 heavy (non-hydrogen) atoms. The standard InChI is InChI=1S/C7H10N4O.ClH/c8-7(12)6-4-9-3-5-1-2-10-11(5)6;/h3-4,9-10H,1-2H2,(H2,8,12);1H. The van der Waals surface area contributed by atoms with Gasteiger partial charge in [-0.15, -0.1) is 12.4 Å². The second kappa shape index (κ2) is 3.68. The molecule has 0 aromatic heterocycles. The fourth-order valence-corrected chi connectivity index (χ4v) is 1.35. The summed E-state index contributed by atoms with van der Waals surface area (Å²) < 4.78 is 0. The van der Waals surface area contributed by atoms with Crippen molar-refractivity contribution in [3.63, 3.8) is 0 Å². The zero-order valence-electron chi connectivity index (χ0n) is 6.91. The average Bonchev–Trinajstić information content (AvgIpc) is 2.49. The molecule has 0 aliphatic carbocycles. The Morgan fingerprint density at radius 1 is 1.54 bits per heavy atom. The molecule has 2 aliphatic rings. The number of nitrogens with one attached hydrogen (secondary N) is 2. The van der Waals surface area contributed by atoms with Crippen LogP contribution < -0.4 is 16.5 Å². The highest BCUT2D eigenvalue weighted by atomic mass is 35.5. The molecule has 72 valence electrons. The van der Waals surface area contributed by atoms with Crippen LogP contribution in [-0.4, -0.2) is 17.5 Å². The molecule has 1 fully saturated rings. The van der Waals surface area contributed by atoms with E-state index in [-0.39, 0.29) is 12.4 Å². The first-order valence-electron chi connectivity index (χ1n) is 3.78. The Hall–Kier alpha value is -1.20. The summed E-state index contributed by atoms with van der Waals surface area (Å²) in [7, 11) is 0. The molecular formula is C7H11ClN4O. The van der Waals surface area contributed by atoms with E-state index in [0.717, 1.165) is 18.7 Å². The summed E-state index contributed by atoms with van der Waals surface area (Å²) >= 11 is 0. The quantitative estimate of drug-likeness (QED) is 0.531. The molecule has 0 aromatic carbocycles. The van der Waals surface area contributed by atoms with Crippen LogP contribution in [0.25, 0.3) is 0 Å². The minimum absolute atomic E-state index is 0. The third-order valence-corrected chi connectivity index (χ3v) is 1.90. The van der Waals surface area contributed by atoms with Crippen LogP contribution in [0.5, 0.6) is 0 Å². The molecule has 0 atom stereocenters. The largest absolute Gasteiger partial charge is 0.364 e. The number of rotatable bonds is 1. The van der Waals surface area contributed by atoms with E-state index in [2.05, 4.69) is 10.7 Å². The topological polar surface area (TPSA) is 70.4 Å². The zero-order chi connectivity index (χ0) is 8.55. The van der Waals surface area contributed by atoms with Crippen molar-refractivity contribution in [1.29, 1.82) is 0 Å². The Kier molecular flexibility index (Phi) is 2.79. The highest BCUT2D eigenvalue weighted by molar-refractivity contribution is 5.91. The molecule has 1 amide bonds. The van der Waals surface area contributed by atoms with Crippen molar-refractivity contribution < 1.29 is 4.79 Å². The van der Waals surface area contributed by atoms with Crippen LogP contribution in [0, 0.1) is 0 Å². The van der Waals surface area contributed by atoms with Crippen LogP contribution in [-0.2, 0) is 4.79 Å². The monoisotopic (exact) mass is 202 g/mol. The van der Waals surface area contributed by atoms with E-state index < -0.39 is 5.91 Å². The van der Waals surface area contributed by atoms with E-state index in [1.54, 1.807) is 11.2 Å². The maximum absolute atomic E-state index is 10.9. The maximum Gasteiger partial charge on any atom is 0.268 e. The lowest BCUT2D eigenvalue weighted by Crippen LogP contribution is -2.38. The average molecular weight is 203 g/mol. The molecule has 0 bridgehead atoms. The van der Waals surface area contributed by atoms with Crippen LogP contribution in [0.3, 0.4) is 0 Å². The number of halogens is 1. The van der Waals surface area contributed by atoms with Crippen LogP contribution in [0.15, 0.2) is 23.8 Å². The van der Waals surface area contributed by atoms with E-state index >= 15 is 0 Å². The normalized spacial score (nSPS) is 19.2. The van der Waals surface area contributed by atoms with Crippen LogP contribution in [0.1, 0.15) is 6.42 Å². The van der Waals surface area contributed by atoms with Gasteiger partial charge in [-0.2, -0.15) is 0 Å². The van der Waals surface area contributed by atoms with Gasteiger partial charge in [0.15, 0.2) is 0 Å². The highest BCUT2D eigenvalue weighted by Crippen LogP contribution is 2.19. The van der Waals surface area contributed by atoms with E-state index in [9.17, 15) is 4.79 Å². The van der Waals surface area contributed by atoms with Gasteiger partial charge < -0.3 is 11.1 Å². The van der Waals surface area contributed by atoms with Gasteiger partial charge in [0.25, 0.3) is 5.91 Å². The summed E-state index contributed by atoms with van der Waals surface area (Å²) in [5.74, 6) is -0.428. The van der Waals surface area contributed by atoms with Crippen molar-refractivity contribution in [3.05, 3.63) is 23.8 Å². The molecule has 0 aromatic rings. The fourth-order valence-electron chi connectivity index (χ4n) is 1.35. The van der Waals surface area contributed by atoms with Gasteiger partial charge in [0, 0.05) is 25.4 Å². The zero-order valence-corrected chi connectivity index (χ0v) is 7.73. The molecule has 0 spiro atoms. The fraction of sp³-hybridized carbons (Fsp3) is 0.286. The Labute approximate surface area is 82.0 Å². The lowest BCUT2D eigenvalue weighted by Gasteiger charge is -2.23. The molecule has 5 nitrogen and oxygen atoms in total. The molecule has 6 heteroatoms. The second-order valence-corrected chi connectivity index (χ2v) is 2.69. The van der Waals surface area contributed by atoms with Crippen LogP contribution in [0.2, 0.25) is 0 Å². The van der Waals surface area contributed by atoms with Crippen molar-refractivity contribution in [2.24, 2.45) is 5.73 Å². The summed E-state index contributed by atoms with van der Waals surface area (Å²) in [5.41, 5.74) is 9.72. The van der Waals surface area contributed by atoms with Gasteiger partial charge in [0.1, 0.15) is 5.70 Å². The first-order chi connectivity index (χ1) is 5.79. The summed E-state index contributed by atoms with van der Waals surface area (Å²) in [5, 5.41) is 4.60. The first kappa shape index (κ1) is 9.88. The van der Waals surface area contributed by atoms with Crippen molar-refractivity contribution in [3.8, 4) is 0 Å². The molecule has 0 unspecified atom stereocenters. The minimum atomic E-state index is -0.428. The van der Waals surface area contributed by atoms with Crippen molar-refractivity contribution in [2.45, 2.75) is 6.42 Å². The van der Waals surface area contributed by atoms with Gasteiger partial charge in [-0.3, -0.25) is 9.80 Å². The van der Waals surface area contributed by atoms with Crippen molar-refractivity contribution in [2.75, 3.05) is 6.54 Å². The molecule has 4 N–H and O–H groups in total. The van der Waals surface area contributed by atoms with E-state index in [0.29, 0.717) is 5.70 Å². The number of hydrazine groups is 1. The first-order valence-corrected chi connectivity index (χ1v) is 3.78. The predicted molar refractivity (Wildman–Crippen MR) is 50.2 cm³/mol. The second-order valence-electron chi connectivity index (χ2n) is 2.69. The van der Waals surface area contributed by atoms with E-state index in [1.807, 2.05) is 6.20 Å². The summed E-state index contributed by atoms with van der Waals surface area (Å²) in [6.45, 7) is 0.845. The Balaban J connectivity index is 0.000000845. The van der Waals surface area contributed by atoms with Gasteiger partial charge in [-0.05, 0) is 0 Å². The van der Waals surface area contributed by atoms with Gasteiger partial charge in [-0.25, -0.2) is 5.43 Å². The summed E-state index contributed by atoms with van der Waals surface area (Å²) in [6.07, 6.45) is 4.36. The van der Waals surface area contributed by atoms with Crippen LogP contribution in [0.4, 0.5) is 0 Å². The number of hydrogen-bond acceptors (Lipinski definition) is 4. The number of fused-ring (bicyclic) bond motifs is 1. The summed E-state index contributed by atoms with van der Waals surface area (Å²) in [6, 6.07) is 0. The van der Waals surface area contributed by atoms with Gasteiger partial charge in [-0.1, -0.05) is 0 Å². The molecule has 2 heterocycles. The lowest BCUT2D eigenvalue weighted by atomic mass is 10.3. The van der Waals surface area contributed by atoms with Gasteiger partial charge >= 0.3 is 0 Å². The Morgan fingerprint density at radius 3 is 3.00 bits per heavy atom. The molecular weight excluding hydrogens is 192 g/mol. The number of nitrogens with two attached hydrogens (primary N) is 1.